The molecule has 1 aromatic carbocycles. The lowest BCUT2D eigenvalue weighted by molar-refractivity contribution is -0.142. The van der Waals surface area contributed by atoms with Crippen molar-refractivity contribution in [2.45, 2.75) is 145 Å². The van der Waals surface area contributed by atoms with Crippen LogP contribution in [-0.2, 0) is 53.4 Å². The zero-order chi connectivity index (χ0) is 38.4. The number of sulfonamides is 1. The zero-order valence-electron chi connectivity index (χ0n) is 31.3. The Balaban J connectivity index is 1.18. The maximum atomic E-state index is 14.7. The van der Waals surface area contributed by atoms with E-state index in [1.54, 1.807) is 4.90 Å². The van der Waals surface area contributed by atoms with Crippen LogP contribution in [0.2, 0.25) is 0 Å². The van der Waals surface area contributed by atoms with Crippen LogP contribution in [0, 0.1) is 11.8 Å². The fourth-order valence-corrected chi connectivity index (χ4v) is 10.2. The monoisotopic (exact) mass is 767 g/mol. The summed E-state index contributed by atoms with van der Waals surface area (Å²) < 4.78 is 39.6. The summed E-state index contributed by atoms with van der Waals surface area (Å²) in [5.74, 6) is -2.77. The number of hydrogen-bond acceptors (Lipinski definition) is 9. The van der Waals surface area contributed by atoms with Gasteiger partial charge in [0.2, 0.25) is 21.8 Å². The average Bonchev–Trinajstić information content (AvgIpc) is 4.02. The van der Waals surface area contributed by atoms with E-state index in [4.69, 9.17) is 9.47 Å². The smallest absolute Gasteiger partial charge is 0.410 e. The Bertz CT molecular complexity index is 1810. The summed E-state index contributed by atoms with van der Waals surface area (Å²) in [4.78, 5) is 72.8. The maximum Gasteiger partial charge on any atom is 0.410 e. The molecule has 3 heterocycles. The van der Waals surface area contributed by atoms with Crippen LogP contribution in [0.5, 0.6) is 0 Å². The summed E-state index contributed by atoms with van der Waals surface area (Å²) in [6.45, 7) is 8.14. The van der Waals surface area contributed by atoms with Gasteiger partial charge in [-0.15, -0.1) is 6.58 Å². The molecule has 54 heavy (non-hydrogen) atoms. The van der Waals surface area contributed by atoms with Crippen LogP contribution in [0.4, 0.5) is 9.59 Å². The third kappa shape index (κ3) is 7.97. The van der Waals surface area contributed by atoms with E-state index in [0.29, 0.717) is 45.2 Å². The number of benzene rings is 1. The fraction of sp³-hybridized carbons (Fsp3) is 0.667. The van der Waals surface area contributed by atoms with Gasteiger partial charge in [-0.2, -0.15) is 0 Å². The number of carbonyl (C=O) groups is 5. The lowest BCUT2D eigenvalue weighted by atomic mass is 9.83. The van der Waals surface area contributed by atoms with E-state index < -0.39 is 80.4 Å². The van der Waals surface area contributed by atoms with Gasteiger partial charge in [0.15, 0.2) is 0 Å². The average molecular weight is 768 g/mol. The van der Waals surface area contributed by atoms with Crippen LogP contribution in [0.25, 0.3) is 0 Å². The quantitative estimate of drug-likeness (QED) is 0.346. The molecule has 4 fully saturated rings. The first-order valence-electron chi connectivity index (χ1n) is 19.6. The van der Waals surface area contributed by atoms with E-state index in [9.17, 15) is 32.4 Å². The van der Waals surface area contributed by atoms with E-state index in [1.165, 1.54) is 11.0 Å². The molecule has 15 heteroatoms. The van der Waals surface area contributed by atoms with Crippen molar-refractivity contribution in [2.75, 3.05) is 6.54 Å². The topological polar surface area (TPSA) is 181 Å². The Morgan fingerprint density at radius 2 is 1.74 bits per heavy atom. The molecule has 14 nitrogen and oxygen atoms in total. The molecule has 4 bridgehead atoms. The number of ether oxygens (including phenoxy) is 2. The molecule has 294 valence electrons. The van der Waals surface area contributed by atoms with Crippen molar-refractivity contribution in [2.24, 2.45) is 11.8 Å². The summed E-state index contributed by atoms with van der Waals surface area (Å²) in [6.07, 6.45) is 7.58. The van der Waals surface area contributed by atoms with Gasteiger partial charge in [-0.25, -0.2) is 18.0 Å². The summed E-state index contributed by atoms with van der Waals surface area (Å²) in [5, 5.41) is 5.02. The normalized spacial score (nSPS) is 30.5. The molecule has 1 saturated heterocycles. The Hall–Kier alpha value is -4.14. The van der Waals surface area contributed by atoms with Crippen molar-refractivity contribution in [3.63, 3.8) is 0 Å². The lowest BCUT2D eigenvalue weighted by Gasteiger charge is -2.35. The Morgan fingerprint density at radius 1 is 1.00 bits per heavy atom. The second kappa shape index (κ2) is 14.8. The number of nitrogens with zero attached hydrogens (tertiary/aromatic N) is 2. The molecular weight excluding hydrogens is 715 g/mol. The minimum absolute atomic E-state index is 0.0545. The molecule has 3 N–H and O–H groups in total. The van der Waals surface area contributed by atoms with Gasteiger partial charge >= 0.3 is 12.2 Å². The second-order valence-corrected chi connectivity index (χ2v) is 18.7. The number of carbonyl (C=O) groups excluding carboxylic acids is 5. The SMILES string of the molecule is C=C[C@@H]1C[C@@]1(NC(=O)[C@@H]1C[C@@H]2CN1C(=O)[C@H](C1CCCCC1)NC(=O)OC(C)(C)CCCCc1cccc3c1CN(C3)C(=O)O2)C(=O)NS(=O)(=O)C1CC1. The molecule has 3 saturated carbocycles. The van der Waals surface area contributed by atoms with E-state index >= 15 is 0 Å². The number of hydrogen-bond donors (Lipinski definition) is 3. The molecule has 3 aliphatic carbocycles. The highest BCUT2D eigenvalue weighted by molar-refractivity contribution is 7.91. The van der Waals surface area contributed by atoms with Crippen LogP contribution in [0.15, 0.2) is 30.9 Å². The first-order valence-corrected chi connectivity index (χ1v) is 21.1. The predicted octanol–water partition coefficient (Wildman–Crippen LogP) is 3.96. The highest BCUT2D eigenvalue weighted by Gasteiger charge is 2.62. The number of cyclic esters (lactones) is 1. The van der Waals surface area contributed by atoms with Crippen LogP contribution in [-0.4, -0.2) is 89.2 Å². The molecule has 5 atom stereocenters. The van der Waals surface area contributed by atoms with Gasteiger partial charge in [-0.05, 0) is 94.2 Å². The third-order valence-corrected chi connectivity index (χ3v) is 14.0. The predicted molar refractivity (Wildman–Crippen MR) is 197 cm³/mol. The lowest BCUT2D eigenvalue weighted by Crippen LogP contribution is -2.59. The van der Waals surface area contributed by atoms with Gasteiger partial charge in [-0.1, -0.05) is 43.5 Å². The molecule has 0 radical (unpaired) electrons. The number of nitrogens with one attached hydrogen (secondary N) is 3. The van der Waals surface area contributed by atoms with E-state index in [0.717, 1.165) is 55.2 Å². The zero-order valence-corrected chi connectivity index (χ0v) is 32.1. The first kappa shape index (κ1) is 38.1. The number of alkyl carbamates (subject to hydrolysis) is 1. The molecule has 5 amide bonds. The van der Waals surface area contributed by atoms with Crippen molar-refractivity contribution in [3.05, 3.63) is 47.5 Å². The summed E-state index contributed by atoms with van der Waals surface area (Å²) >= 11 is 0. The van der Waals surface area contributed by atoms with Crippen LogP contribution in [0.3, 0.4) is 0 Å². The maximum absolute atomic E-state index is 14.7. The van der Waals surface area contributed by atoms with Crippen LogP contribution in [0.1, 0.15) is 108 Å². The minimum atomic E-state index is -3.91. The molecule has 0 aromatic heterocycles. The molecule has 6 aliphatic rings. The minimum Gasteiger partial charge on any atom is -0.444 e. The van der Waals surface area contributed by atoms with Gasteiger partial charge in [0, 0.05) is 25.4 Å². The molecule has 7 rings (SSSR count). The van der Waals surface area contributed by atoms with E-state index in [2.05, 4.69) is 28.0 Å². The Labute approximate surface area is 317 Å². The Kier molecular flexibility index (Phi) is 10.5. The van der Waals surface area contributed by atoms with Gasteiger partial charge in [0.25, 0.3) is 5.91 Å². The number of rotatable bonds is 7. The van der Waals surface area contributed by atoms with Crippen LogP contribution < -0.4 is 15.4 Å². The van der Waals surface area contributed by atoms with E-state index in [1.807, 2.05) is 26.0 Å². The van der Waals surface area contributed by atoms with Crippen molar-refractivity contribution < 1.29 is 41.9 Å². The van der Waals surface area contributed by atoms with Crippen molar-refractivity contribution in [1.29, 1.82) is 0 Å². The van der Waals surface area contributed by atoms with E-state index in [-0.39, 0.29) is 25.3 Å². The standard InChI is InChI=1S/C39H53N5O9S/c1-4-27-20-39(27,35(47)42-54(50,51)29-16-17-29)41-33(45)31-19-28-22-44(31)34(46)32(25-12-6-5-7-13-25)40-36(48)53-38(2,3)18-9-8-11-24-14-10-15-26-21-43(23-30(24)26)37(49)52-28/h4,10,14-15,25,27-29,31-32H,1,5-9,11-13,16-23H2,2-3H3,(H,40,48)(H,41,45)(H,42,47)/t27-,28-,31+,32+,39+/m1/s1. The molecule has 3 aliphatic heterocycles. The van der Waals surface area contributed by atoms with Gasteiger partial charge in [-0.3, -0.25) is 24.0 Å². The molecule has 0 spiro atoms. The molecule has 0 unspecified atom stereocenters. The van der Waals surface area contributed by atoms with Gasteiger partial charge < -0.3 is 25.0 Å². The molecular formula is C39H53N5O9S. The number of amides is 5. The summed E-state index contributed by atoms with van der Waals surface area (Å²) in [7, 11) is -3.91. The second-order valence-electron chi connectivity index (χ2n) is 16.7. The highest BCUT2D eigenvalue weighted by atomic mass is 32.2. The number of aryl methyl sites for hydroxylation is 1. The van der Waals surface area contributed by atoms with Crippen molar-refractivity contribution >= 4 is 39.9 Å². The Morgan fingerprint density at radius 3 is 2.44 bits per heavy atom. The summed E-state index contributed by atoms with van der Waals surface area (Å²) in [5.41, 5.74) is 0.917. The van der Waals surface area contributed by atoms with Crippen LogP contribution >= 0.6 is 0 Å². The van der Waals surface area contributed by atoms with Gasteiger partial charge in [0.1, 0.15) is 29.3 Å². The fourth-order valence-electron chi connectivity index (χ4n) is 8.82. The largest absolute Gasteiger partial charge is 0.444 e. The first-order chi connectivity index (χ1) is 25.7. The number of fused-ring (bicyclic) bond motifs is 3. The van der Waals surface area contributed by atoms with Crippen molar-refractivity contribution in [1.82, 2.24) is 25.2 Å². The summed E-state index contributed by atoms with van der Waals surface area (Å²) in [6, 6.07) is 3.88. The highest BCUT2D eigenvalue weighted by Crippen LogP contribution is 2.45. The third-order valence-electron chi connectivity index (χ3n) is 12.2. The van der Waals surface area contributed by atoms with Crippen molar-refractivity contribution in [3.8, 4) is 0 Å². The van der Waals surface area contributed by atoms with Gasteiger partial charge in [0.05, 0.1) is 11.8 Å². The molecule has 1 aromatic rings.